The molecule has 3 aromatic rings. The largest absolute Gasteiger partial charge is 0.350 e. The lowest BCUT2D eigenvalue weighted by atomic mass is 10.1. The summed E-state index contributed by atoms with van der Waals surface area (Å²) in [6.07, 6.45) is 3.83. The molecule has 4 heteroatoms. The van der Waals surface area contributed by atoms with Crippen LogP contribution in [0.1, 0.15) is 11.1 Å². The Labute approximate surface area is 152 Å². The van der Waals surface area contributed by atoms with Gasteiger partial charge in [-0.25, -0.2) is 4.79 Å². The van der Waals surface area contributed by atoms with Crippen molar-refractivity contribution >= 4 is 23.5 Å². The molecule has 0 unspecified atom stereocenters. The minimum atomic E-state index is -0.641. The number of hydrogen-bond acceptors (Lipinski definition) is 2. The Balaban J connectivity index is 2.03. The molecular weight excluding hydrogens is 322 g/mol. The van der Waals surface area contributed by atoms with E-state index in [1.807, 2.05) is 91.0 Å². The molecule has 3 rings (SSSR count). The molecular formula is C22H19N3O. The summed E-state index contributed by atoms with van der Waals surface area (Å²) in [5.74, 6) is 0. The van der Waals surface area contributed by atoms with E-state index in [2.05, 4.69) is 5.10 Å². The lowest BCUT2D eigenvalue weighted by molar-refractivity contribution is 0.254. The van der Waals surface area contributed by atoms with Crippen molar-refractivity contribution in [1.82, 2.24) is 0 Å². The summed E-state index contributed by atoms with van der Waals surface area (Å²) in [4.78, 5) is 12.0. The number of urea groups is 1. The molecule has 0 aliphatic heterocycles. The number of nitrogens with two attached hydrogens (primary N) is 1. The van der Waals surface area contributed by atoms with E-state index in [0.717, 1.165) is 11.1 Å². The first kappa shape index (κ1) is 17.2. The maximum Gasteiger partial charge on any atom is 0.340 e. The molecule has 2 amide bonds. The van der Waals surface area contributed by atoms with Crippen LogP contribution in [0.25, 0.3) is 6.08 Å². The molecule has 0 radical (unpaired) electrons. The number of nitrogens with zero attached hydrogens (tertiary/aromatic N) is 2. The summed E-state index contributed by atoms with van der Waals surface area (Å²) in [6, 6.07) is 28.1. The molecule has 0 atom stereocenters. The molecule has 3 aromatic carbocycles. The van der Waals surface area contributed by atoms with Gasteiger partial charge in [0.25, 0.3) is 0 Å². The minimum absolute atomic E-state index is 0.613. The van der Waals surface area contributed by atoms with Gasteiger partial charge in [-0.1, -0.05) is 84.9 Å². The number of benzene rings is 3. The minimum Gasteiger partial charge on any atom is -0.350 e. The third-order valence-corrected chi connectivity index (χ3v) is 3.72. The standard InChI is InChI=1S/C22H19N3O/c23-22(26)25(20-14-8-3-9-15-20)24-21(19-12-6-2-7-13-19)17-16-18-10-4-1-5-11-18/h1-17H,(H2,23,26)/b17-16+,24-21+. The second-order valence-electron chi connectivity index (χ2n) is 5.58. The molecule has 26 heavy (non-hydrogen) atoms. The highest BCUT2D eigenvalue weighted by Gasteiger charge is 2.12. The Morgan fingerprint density at radius 2 is 1.35 bits per heavy atom. The van der Waals surface area contributed by atoms with Gasteiger partial charge in [-0.3, -0.25) is 0 Å². The molecule has 0 aliphatic rings. The number of amides is 2. The van der Waals surface area contributed by atoms with Gasteiger partial charge < -0.3 is 5.73 Å². The normalized spacial score (nSPS) is 11.5. The summed E-state index contributed by atoms with van der Waals surface area (Å²) in [6.45, 7) is 0. The van der Waals surface area contributed by atoms with Crippen molar-refractivity contribution in [2.24, 2.45) is 10.8 Å². The first-order chi connectivity index (χ1) is 12.7. The van der Waals surface area contributed by atoms with E-state index in [1.54, 1.807) is 12.1 Å². The molecule has 128 valence electrons. The molecule has 0 fully saturated rings. The summed E-state index contributed by atoms with van der Waals surface area (Å²) in [7, 11) is 0. The van der Waals surface area contributed by atoms with Crippen LogP contribution >= 0.6 is 0 Å². The highest BCUT2D eigenvalue weighted by atomic mass is 16.2. The number of hydrazone groups is 1. The molecule has 0 bridgehead atoms. The van der Waals surface area contributed by atoms with Crippen molar-refractivity contribution in [3.05, 3.63) is 108 Å². The van der Waals surface area contributed by atoms with Crippen molar-refractivity contribution in [3.8, 4) is 0 Å². The predicted molar refractivity (Wildman–Crippen MR) is 107 cm³/mol. The van der Waals surface area contributed by atoms with E-state index in [4.69, 9.17) is 5.73 Å². The van der Waals surface area contributed by atoms with Crippen LogP contribution in [0, 0.1) is 0 Å². The first-order valence-electron chi connectivity index (χ1n) is 8.26. The number of allylic oxidation sites excluding steroid dienone is 1. The Bertz CT molecular complexity index is 904. The van der Waals surface area contributed by atoms with Gasteiger partial charge in [-0.05, 0) is 23.8 Å². The van der Waals surface area contributed by atoms with Gasteiger partial charge in [0.05, 0.1) is 11.4 Å². The number of rotatable bonds is 5. The second-order valence-corrected chi connectivity index (χ2v) is 5.58. The average Bonchev–Trinajstić information content (AvgIpc) is 2.70. The van der Waals surface area contributed by atoms with E-state index < -0.39 is 6.03 Å². The summed E-state index contributed by atoms with van der Waals surface area (Å²) >= 11 is 0. The van der Waals surface area contributed by atoms with Gasteiger partial charge in [-0.15, -0.1) is 0 Å². The number of primary amides is 1. The van der Waals surface area contributed by atoms with Crippen molar-refractivity contribution in [2.75, 3.05) is 5.01 Å². The molecule has 0 spiro atoms. The van der Waals surface area contributed by atoms with E-state index in [1.165, 1.54) is 5.01 Å². The van der Waals surface area contributed by atoms with Crippen LogP contribution < -0.4 is 10.7 Å². The molecule has 2 N–H and O–H groups in total. The lowest BCUT2D eigenvalue weighted by Crippen LogP contribution is -2.32. The van der Waals surface area contributed by atoms with Crippen LogP contribution in [0.5, 0.6) is 0 Å². The Morgan fingerprint density at radius 1 is 0.808 bits per heavy atom. The van der Waals surface area contributed by atoms with Crippen LogP contribution in [0.2, 0.25) is 0 Å². The topological polar surface area (TPSA) is 58.7 Å². The summed E-state index contributed by atoms with van der Waals surface area (Å²) in [5, 5.41) is 5.73. The monoisotopic (exact) mass is 341 g/mol. The Hall–Kier alpha value is -3.66. The smallest absolute Gasteiger partial charge is 0.340 e. The zero-order chi connectivity index (χ0) is 18.2. The van der Waals surface area contributed by atoms with Crippen LogP contribution in [0.3, 0.4) is 0 Å². The molecule has 0 aromatic heterocycles. The lowest BCUT2D eigenvalue weighted by Gasteiger charge is -2.16. The van der Waals surface area contributed by atoms with Crippen molar-refractivity contribution < 1.29 is 4.79 Å². The quantitative estimate of drug-likeness (QED) is 0.531. The van der Waals surface area contributed by atoms with Gasteiger partial charge in [0.15, 0.2) is 0 Å². The SMILES string of the molecule is NC(=O)N(/N=C(\C=C\c1ccccc1)c1ccccc1)c1ccccc1. The third kappa shape index (κ3) is 4.45. The number of para-hydroxylation sites is 1. The molecule has 4 nitrogen and oxygen atoms in total. The predicted octanol–water partition coefficient (Wildman–Crippen LogP) is 4.69. The van der Waals surface area contributed by atoms with E-state index in [9.17, 15) is 4.79 Å². The highest BCUT2D eigenvalue weighted by molar-refractivity contribution is 6.12. The van der Waals surface area contributed by atoms with Gasteiger partial charge in [0.2, 0.25) is 0 Å². The van der Waals surface area contributed by atoms with Crippen molar-refractivity contribution in [1.29, 1.82) is 0 Å². The molecule has 0 heterocycles. The zero-order valence-electron chi connectivity index (χ0n) is 14.2. The summed E-state index contributed by atoms with van der Waals surface area (Å²) < 4.78 is 0. The van der Waals surface area contributed by atoms with Crippen LogP contribution in [0.15, 0.2) is 102 Å². The Kier molecular flexibility index (Phi) is 5.58. The zero-order valence-corrected chi connectivity index (χ0v) is 14.2. The molecule has 0 saturated heterocycles. The fourth-order valence-corrected chi connectivity index (χ4v) is 2.45. The summed E-state index contributed by atoms with van der Waals surface area (Å²) in [5.41, 5.74) is 8.74. The number of carbonyl (C=O) groups excluding carboxylic acids is 1. The highest BCUT2D eigenvalue weighted by Crippen LogP contribution is 2.16. The van der Waals surface area contributed by atoms with Gasteiger partial charge in [0, 0.05) is 5.56 Å². The van der Waals surface area contributed by atoms with Crippen LogP contribution in [-0.4, -0.2) is 11.7 Å². The Morgan fingerprint density at radius 3 is 1.92 bits per heavy atom. The van der Waals surface area contributed by atoms with Crippen LogP contribution in [0.4, 0.5) is 10.5 Å². The van der Waals surface area contributed by atoms with Crippen molar-refractivity contribution in [3.63, 3.8) is 0 Å². The van der Waals surface area contributed by atoms with Gasteiger partial charge in [-0.2, -0.15) is 10.1 Å². The van der Waals surface area contributed by atoms with Gasteiger partial charge >= 0.3 is 6.03 Å². The maximum atomic E-state index is 12.0. The van der Waals surface area contributed by atoms with E-state index >= 15 is 0 Å². The van der Waals surface area contributed by atoms with E-state index in [-0.39, 0.29) is 0 Å². The van der Waals surface area contributed by atoms with Crippen molar-refractivity contribution in [2.45, 2.75) is 0 Å². The third-order valence-electron chi connectivity index (χ3n) is 3.72. The average molecular weight is 341 g/mol. The van der Waals surface area contributed by atoms with Crippen LogP contribution in [-0.2, 0) is 0 Å². The number of hydrogen-bond donors (Lipinski definition) is 1. The van der Waals surface area contributed by atoms with Gasteiger partial charge in [0.1, 0.15) is 0 Å². The molecule has 0 saturated carbocycles. The molecule has 0 aliphatic carbocycles. The second kappa shape index (κ2) is 8.44. The number of carbonyl (C=O) groups is 1. The first-order valence-corrected chi connectivity index (χ1v) is 8.26. The fourth-order valence-electron chi connectivity index (χ4n) is 2.45. The fraction of sp³-hybridized carbons (Fsp3) is 0. The number of anilines is 1. The maximum absolute atomic E-state index is 12.0. The van der Waals surface area contributed by atoms with E-state index in [0.29, 0.717) is 11.4 Å².